The van der Waals surface area contributed by atoms with Gasteiger partial charge in [0, 0.05) is 22.4 Å². The molecular formula is C27H28F3NO4S. The first-order valence-electron chi connectivity index (χ1n) is 11.4. The topological polar surface area (TPSA) is 76.5 Å². The minimum atomic E-state index is -4.40. The molecule has 1 N–H and O–H groups in total. The summed E-state index contributed by atoms with van der Waals surface area (Å²) >= 11 is 1.39. The highest BCUT2D eigenvalue weighted by Crippen LogP contribution is 2.35. The van der Waals surface area contributed by atoms with E-state index in [0.29, 0.717) is 33.9 Å². The molecule has 36 heavy (non-hydrogen) atoms. The molecule has 5 nitrogen and oxygen atoms in total. The third-order valence-electron chi connectivity index (χ3n) is 5.70. The summed E-state index contributed by atoms with van der Waals surface area (Å²) < 4.78 is 44.2. The van der Waals surface area contributed by atoms with E-state index in [2.05, 4.69) is 4.98 Å². The minimum Gasteiger partial charge on any atom is -0.478 e. The van der Waals surface area contributed by atoms with Crippen molar-refractivity contribution in [2.75, 3.05) is 0 Å². The normalized spacial score (nSPS) is 12.1. The molecule has 0 radical (unpaired) electrons. The van der Waals surface area contributed by atoms with E-state index in [1.165, 1.54) is 37.3 Å². The fraction of sp³-hybridized carbons (Fsp3) is 0.370. The molecule has 0 aliphatic rings. The van der Waals surface area contributed by atoms with Crippen LogP contribution in [0, 0.1) is 6.92 Å². The number of ether oxygens (including phenoxy) is 1. The smallest absolute Gasteiger partial charge is 0.416 e. The monoisotopic (exact) mass is 519 g/mol. The van der Waals surface area contributed by atoms with Crippen LogP contribution >= 0.6 is 11.3 Å². The Bertz CT molecular complexity index is 1260. The highest BCUT2D eigenvalue weighted by molar-refractivity contribution is 7.15. The van der Waals surface area contributed by atoms with Crippen molar-refractivity contribution >= 4 is 23.1 Å². The Morgan fingerprint density at radius 2 is 1.72 bits per heavy atom. The van der Waals surface area contributed by atoms with Gasteiger partial charge in [0.25, 0.3) is 0 Å². The number of benzene rings is 2. The zero-order valence-corrected chi connectivity index (χ0v) is 21.5. The van der Waals surface area contributed by atoms with Gasteiger partial charge in [-0.25, -0.2) is 9.78 Å². The average Bonchev–Trinajstić information content (AvgIpc) is 3.21. The number of alkyl halides is 3. The molecule has 0 aliphatic heterocycles. The molecule has 0 saturated heterocycles. The number of rotatable bonds is 9. The van der Waals surface area contributed by atoms with Gasteiger partial charge in [-0.15, -0.1) is 11.3 Å². The van der Waals surface area contributed by atoms with Gasteiger partial charge in [-0.05, 0) is 69.0 Å². The van der Waals surface area contributed by atoms with Crippen LogP contribution in [-0.2, 0) is 17.4 Å². The quantitative estimate of drug-likeness (QED) is 0.300. The number of aryl methyl sites for hydroxylation is 2. The van der Waals surface area contributed by atoms with E-state index in [1.54, 1.807) is 25.1 Å². The number of nitrogens with zero attached hydrogens (tertiary/aromatic N) is 1. The third kappa shape index (κ3) is 6.32. The lowest BCUT2D eigenvalue weighted by Crippen LogP contribution is -2.37. The van der Waals surface area contributed by atoms with Gasteiger partial charge < -0.3 is 9.84 Å². The van der Waals surface area contributed by atoms with Gasteiger partial charge in [0.05, 0.1) is 11.3 Å². The summed E-state index contributed by atoms with van der Waals surface area (Å²) in [6.45, 7) is 8.63. The Hall–Kier alpha value is -3.20. The fourth-order valence-corrected chi connectivity index (χ4v) is 4.85. The van der Waals surface area contributed by atoms with Crippen molar-refractivity contribution < 1.29 is 32.6 Å². The Morgan fingerprint density at radius 3 is 2.25 bits per heavy atom. The van der Waals surface area contributed by atoms with E-state index in [4.69, 9.17) is 4.74 Å². The van der Waals surface area contributed by atoms with Crippen LogP contribution in [0.25, 0.3) is 10.6 Å². The number of aliphatic carboxylic acids is 1. The molecule has 0 fully saturated rings. The standard InChI is InChI=1S/C27H28F3NO4S/c1-15(2)23-22(36-24(31-23)17-6-8-18(9-7-17)27(28,29)30)13-12-21(32)20-11-10-19(14-16(20)3)35-26(4,5)25(33)34/h6-11,14-15H,12-13H2,1-5H3,(H,33,34). The molecule has 1 aromatic heterocycles. The Balaban J connectivity index is 1.76. The summed E-state index contributed by atoms with van der Waals surface area (Å²) in [5.74, 6) is -0.718. The van der Waals surface area contributed by atoms with Crippen LogP contribution < -0.4 is 4.74 Å². The van der Waals surface area contributed by atoms with E-state index in [-0.39, 0.29) is 18.1 Å². The molecule has 9 heteroatoms. The van der Waals surface area contributed by atoms with Crippen molar-refractivity contribution in [3.8, 4) is 16.3 Å². The van der Waals surface area contributed by atoms with Crippen LogP contribution in [0.4, 0.5) is 13.2 Å². The largest absolute Gasteiger partial charge is 0.478 e. The predicted octanol–water partition coefficient (Wildman–Crippen LogP) is 7.32. The van der Waals surface area contributed by atoms with Crippen molar-refractivity contribution in [2.45, 2.75) is 65.2 Å². The summed E-state index contributed by atoms with van der Waals surface area (Å²) in [5, 5.41) is 9.86. The highest BCUT2D eigenvalue weighted by Gasteiger charge is 2.31. The number of hydrogen-bond donors (Lipinski definition) is 1. The van der Waals surface area contributed by atoms with Crippen molar-refractivity contribution in [3.63, 3.8) is 0 Å². The second-order valence-electron chi connectivity index (χ2n) is 9.37. The number of carboxylic acid groups (broad SMARTS) is 1. The van der Waals surface area contributed by atoms with Crippen LogP contribution in [0.1, 0.15) is 72.1 Å². The number of thiazole rings is 1. The molecule has 0 bridgehead atoms. The summed E-state index contributed by atoms with van der Waals surface area (Å²) in [4.78, 5) is 29.9. The maximum absolute atomic E-state index is 13.0. The first-order chi connectivity index (χ1) is 16.7. The summed E-state index contributed by atoms with van der Waals surface area (Å²) in [7, 11) is 0. The van der Waals surface area contributed by atoms with E-state index < -0.39 is 23.3 Å². The first kappa shape index (κ1) is 27.4. The van der Waals surface area contributed by atoms with Crippen LogP contribution in [-0.4, -0.2) is 27.4 Å². The van der Waals surface area contributed by atoms with E-state index in [9.17, 15) is 27.9 Å². The molecule has 1 heterocycles. The zero-order chi connectivity index (χ0) is 26.8. The molecule has 3 rings (SSSR count). The van der Waals surface area contributed by atoms with E-state index in [1.807, 2.05) is 13.8 Å². The molecule has 0 spiro atoms. The van der Waals surface area contributed by atoms with Gasteiger partial charge in [0.1, 0.15) is 10.8 Å². The minimum absolute atomic E-state index is 0.0734. The van der Waals surface area contributed by atoms with Crippen molar-refractivity contribution in [3.05, 3.63) is 69.7 Å². The van der Waals surface area contributed by atoms with Crippen LogP contribution in [0.15, 0.2) is 42.5 Å². The van der Waals surface area contributed by atoms with Crippen LogP contribution in [0.5, 0.6) is 5.75 Å². The molecule has 0 atom stereocenters. The lowest BCUT2D eigenvalue weighted by atomic mass is 9.99. The van der Waals surface area contributed by atoms with E-state index >= 15 is 0 Å². The number of halogens is 3. The Labute approximate surface area is 212 Å². The van der Waals surface area contributed by atoms with E-state index in [0.717, 1.165) is 22.7 Å². The molecule has 0 saturated carbocycles. The molecule has 3 aromatic rings. The lowest BCUT2D eigenvalue weighted by molar-refractivity contribution is -0.152. The molecular weight excluding hydrogens is 491 g/mol. The first-order valence-corrected chi connectivity index (χ1v) is 12.2. The number of ketones is 1. The summed E-state index contributed by atoms with van der Waals surface area (Å²) in [6.07, 6.45) is -3.71. The predicted molar refractivity (Wildman–Crippen MR) is 133 cm³/mol. The average molecular weight is 520 g/mol. The van der Waals surface area contributed by atoms with Gasteiger partial charge in [0.15, 0.2) is 11.4 Å². The van der Waals surface area contributed by atoms with Crippen molar-refractivity contribution in [1.82, 2.24) is 4.98 Å². The maximum atomic E-state index is 13.0. The SMILES string of the molecule is Cc1cc(OC(C)(C)C(=O)O)ccc1C(=O)CCc1sc(-c2ccc(C(F)(F)F)cc2)nc1C(C)C. The van der Waals surface area contributed by atoms with Crippen molar-refractivity contribution in [2.24, 2.45) is 0 Å². The van der Waals surface area contributed by atoms with Gasteiger partial charge in [-0.1, -0.05) is 26.0 Å². The number of carbonyl (C=O) groups excluding carboxylic acids is 1. The zero-order valence-electron chi connectivity index (χ0n) is 20.7. The number of hydrogen-bond acceptors (Lipinski definition) is 5. The number of carbonyl (C=O) groups is 2. The number of aromatic nitrogens is 1. The second kappa shape index (κ2) is 10.4. The maximum Gasteiger partial charge on any atom is 0.416 e. The summed E-state index contributed by atoms with van der Waals surface area (Å²) in [5.41, 5.74) is 0.521. The molecule has 0 aliphatic carbocycles. The lowest BCUT2D eigenvalue weighted by Gasteiger charge is -2.22. The number of Topliss-reactive ketones (excluding diaryl/α,β-unsaturated/α-hetero) is 1. The molecule has 2 aromatic carbocycles. The molecule has 192 valence electrons. The van der Waals surface area contributed by atoms with Gasteiger partial charge in [0.2, 0.25) is 0 Å². The van der Waals surface area contributed by atoms with Gasteiger partial charge in [-0.2, -0.15) is 13.2 Å². The Kier molecular flexibility index (Phi) is 7.93. The van der Waals surface area contributed by atoms with Gasteiger partial charge in [-0.3, -0.25) is 4.79 Å². The van der Waals surface area contributed by atoms with Crippen molar-refractivity contribution in [1.29, 1.82) is 0 Å². The molecule has 0 unspecified atom stereocenters. The van der Waals surface area contributed by atoms with Gasteiger partial charge >= 0.3 is 12.1 Å². The third-order valence-corrected chi connectivity index (χ3v) is 6.88. The summed E-state index contributed by atoms with van der Waals surface area (Å²) in [6, 6.07) is 9.78. The fourth-order valence-electron chi connectivity index (χ4n) is 3.63. The molecule has 0 amide bonds. The van der Waals surface area contributed by atoms with Crippen LogP contribution in [0.2, 0.25) is 0 Å². The highest BCUT2D eigenvalue weighted by atomic mass is 32.1. The number of carboxylic acids is 1. The van der Waals surface area contributed by atoms with Crippen LogP contribution in [0.3, 0.4) is 0 Å². The second-order valence-corrected chi connectivity index (χ2v) is 10.5. The Morgan fingerprint density at radius 1 is 1.08 bits per heavy atom.